The van der Waals surface area contributed by atoms with Crippen molar-refractivity contribution in [1.82, 2.24) is 0 Å². The lowest BCUT2D eigenvalue weighted by Crippen LogP contribution is -2.29. The number of methoxy groups -OCH3 is 2. The molecule has 0 saturated heterocycles. The minimum atomic E-state index is 0.291. The first-order chi connectivity index (χ1) is 12.1. The molecule has 0 aromatic heterocycles. The fourth-order valence-corrected chi connectivity index (χ4v) is 4.21. The number of hydrogen-bond acceptors (Lipinski definition) is 4. The molecule has 2 aliphatic rings. The summed E-state index contributed by atoms with van der Waals surface area (Å²) in [5.74, 6) is 2.26. The monoisotopic (exact) mass is 338 g/mol. The minimum Gasteiger partial charge on any atom is -0.493 e. The van der Waals surface area contributed by atoms with Crippen molar-refractivity contribution >= 4 is 11.4 Å². The molecule has 2 unspecified atom stereocenters. The summed E-state index contributed by atoms with van der Waals surface area (Å²) in [6, 6.07) is 9.03. The highest BCUT2D eigenvalue weighted by molar-refractivity contribution is 5.73. The Labute approximate surface area is 149 Å². The van der Waals surface area contributed by atoms with Crippen LogP contribution in [-0.2, 0) is 6.42 Å². The third-order valence-electron chi connectivity index (χ3n) is 5.76. The summed E-state index contributed by atoms with van der Waals surface area (Å²) in [4.78, 5) is 0. The van der Waals surface area contributed by atoms with Crippen LogP contribution in [0.3, 0.4) is 0 Å². The lowest BCUT2D eigenvalue weighted by Gasteiger charge is -2.34. The van der Waals surface area contributed by atoms with Crippen LogP contribution in [0, 0.1) is 19.8 Å². The molecule has 0 amide bonds. The summed E-state index contributed by atoms with van der Waals surface area (Å²) in [5, 5.41) is 7.47. The molecule has 1 aliphatic heterocycles. The largest absolute Gasteiger partial charge is 0.493 e. The molecule has 4 rings (SSSR count). The number of nitrogens with one attached hydrogen (secondary N) is 2. The topological polar surface area (TPSA) is 42.5 Å². The van der Waals surface area contributed by atoms with Gasteiger partial charge in [0.05, 0.1) is 31.6 Å². The van der Waals surface area contributed by atoms with Crippen molar-refractivity contribution in [2.24, 2.45) is 5.92 Å². The van der Waals surface area contributed by atoms with Crippen molar-refractivity contribution < 1.29 is 9.47 Å². The molecule has 1 aliphatic carbocycles. The van der Waals surface area contributed by atoms with Gasteiger partial charge in [0.2, 0.25) is 0 Å². The first kappa shape index (κ1) is 16.1. The van der Waals surface area contributed by atoms with Crippen LogP contribution in [0.1, 0.15) is 34.7 Å². The third kappa shape index (κ3) is 2.60. The third-order valence-corrected chi connectivity index (χ3v) is 5.76. The van der Waals surface area contributed by atoms with Gasteiger partial charge in [-0.25, -0.2) is 0 Å². The number of anilines is 2. The Hall–Kier alpha value is -2.36. The van der Waals surface area contributed by atoms with Crippen LogP contribution in [0.2, 0.25) is 0 Å². The number of rotatable bonds is 2. The van der Waals surface area contributed by atoms with Gasteiger partial charge in [-0.05, 0) is 61.6 Å². The van der Waals surface area contributed by atoms with Gasteiger partial charge in [0, 0.05) is 18.0 Å². The van der Waals surface area contributed by atoms with Crippen LogP contribution >= 0.6 is 0 Å². The number of aryl methyl sites for hydroxylation is 2. The maximum atomic E-state index is 5.68. The fraction of sp³-hybridized carbons (Fsp3) is 0.429. The highest BCUT2D eigenvalue weighted by Crippen LogP contribution is 2.46. The first-order valence-electron chi connectivity index (χ1n) is 8.97. The zero-order valence-corrected chi connectivity index (χ0v) is 15.4. The number of fused-ring (bicyclic) bond motifs is 4. The van der Waals surface area contributed by atoms with E-state index < -0.39 is 0 Å². The van der Waals surface area contributed by atoms with Gasteiger partial charge >= 0.3 is 0 Å². The van der Waals surface area contributed by atoms with E-state index in [1.54, 1.807) is 14.2 Å². The summed E-state index contributed by atoms with van der Waals surface area (Å²) < 4.78 is 11.2. The van der Waals surface area contributed by atoms with Crippen LogP contribution in [-0.4, -0.2) is 20.8 Å². The number of benzene rings is 2. The molecule has 2 aromatic rings. The number of ether oxygens (including phenoxy) is 2. The minimum absolute atomic E-state index is 0.291. The highest BCUT2D eigenvalue weighted by atomic mass is 16.5. The van der Waals surface area contributed by atoms with Crippen molar-refractivity contribution in [3.05, 3.63) is 46.5 Å². The summed E-state index contributed by atoms with van der Waals surface area (Å²) in [7, 11) is 3.43. The Balaban J connectivity index is 1.79. The van der Waals surface area contributed by atoms with Crippen LogP contribution in [0.15, 0.2) is 24.3 Å². The molecule has 2 N–H and O–H groups in total. The number of hydrogen-bond donors (Lipinski definition) is 2. The van der Waals surface area contributed by atoms with E-state index in [9.17, 15) is 0 Å². The van der Waals surface area contributed by atoms with Gasteiger partial charge in [0.15, 0.2) is 11.5 Å². The van der Waals surface area contributed by atoms with Crippen molar-refractivity contribution in [2.45, 2.75) is 32.7 Å². The normalized spacial score (nSPS) is 21.0. The van der Waals surface area contributed by atoms with Gasteiger partial charge in [0.25, 0.3) is 0 Å². The molecule has 2 aromatic carbocycles. The second-order valence-corrected chi connectivity index (χ2v) is 7.15. The standard InChI is InChI=1S/C21H26N2O2/c1-12-9-17-18(10-13(12)2)23-20-14(11-22-17)5-6-16-15(20)7-8-19(24-3)21(16)25-4/h7-10,14,20,22-23H,5-6,11H2,1-4H3. The van der Waals surface area contributed by atoms with Crippen LogP contribution < -0.4 is 20.1 Å². The predicted molar refractivity (Wildman–Crippen MR) is 102 cm³/mol. The van der Waals surface area contributed by atoms with Crippen molar-refractivity contribution in [2.75, 3.05) is 31.4 Å². The molecular weight excluding hydrogens is 312 g/mol. The average molecular weight is 338 g/mol. The molecule has 4 nitrogen and oxygen atoms in total. The second-order valence-electron chi connectivity index (χ2n) is 7.15. The Morgan fingerprint density at radius 1 is 1.00 bits per heavy atom. The van der Waals surface area contributed by atoms with E-state index in [4.69, 9.17) is 9.47 Å². The first-order valence-corrected chi connectivity index (χ1v) is 8.97. The van der Waals surface area contributed by atoms with Gasteiger partial charge in [0.1, 0.15) is 0 Å². The molecule has 0 bridgehead atoms. The van der Waals surface area contributed by atoms with Gasteiger partial charge in [-0.1, -0.05) is 6.07 Å². The molecule has 0 fully saturated rings. The predicted octanol–water partition coefficient (Wildman–Crippen LogP) is 4.46. The summed E-state index contributed by atoms with van der Waals surface area (Å²) in [5.41, 5.74) is 7.65. The molecular formula is C21H26N2O2. The molecule has 0 radical (unpaired) electrons. The van der Waals surface area contributed by atoms with Crippen LogP contribution in [0.5, 0.6) is 11.5 Å². The molecule has 132 valence electrons. The Kier molecular flexibility index (Phi) is 3.98. The van der Waals surface area contributed by atoms with Crippen molar-refractivity contribution in [3.8, 4) is 11.5 Å². The van der Waals surface area contributed by atoms with Gasteiger partial charge in [-0.2, -0.15) is 0 Å². The SMILES string of the molecule is COc1ccc2c(c1OC)CCC1CNc3cc(C)c(C)cc3NC21. The van der Waals surface area contributed by atoms with Gasteiger partial charge < -0.3 is 20.1 Å². The maximum absolute atomic E-state index is 5.68. The quantitative estimate of drug-likeness (QED) is 0.848. The van der Waals surface area contributed by atoms with E-state index >= 15 is 0 Å². The van der Waals surface area contributed by atoms with E-state index in [-0.39, 0.29) is 0 Å². The Morgan fingerprint density at radius 2 is 1.76 bits per heavy atom. The van der Waals surface area contributed by atoms with Crippen LogP contribution in [0.25, 0.3) is 0 Å². The highest BCUT2D eigenvalue weighted by Gasteiger charge is 2.34. The smallest absolute Gasteiger partial charge is 0.164 e. The second kappa shape index (κ2) is 6.17. The molecule has 0 saturated carbocycles. The van der Waals surface area contributed by atoms with E-state index in [2.05, 4.69) is 42.7 Å². The van der Waals surface area contributed by atoms with Crippen molar-refractivity contribution in [1.29, 1.82) is 0 Å². The summed E-state index contributed by atoms with van der Waals surface area (Å²) in [6.45, 7) is 5.32. The lowest BCUT2D eigenvalue weighted by molar-refractivity contribution is 0.342. The Morgan fingerprint density at radius 3 is 2.48 bits per heavy atom. The molecule has 4 heteroatoms. The average Bonchev–Trinajstić information content (AvgIpc) is 2.80. The zero-order valence-electron chi connectivity index (χ0n) is 15.4. The van der Waals surface area contributed by atoms with E-state index in [0.29, 0.717) is 12.0 Å². The Bertz CT molecular complexity index is 816. The summed E-state index contributed by atoms with van der Waals surface area (Å²) in [6.07, 6.45) is 2.15. The fourth-order valence-electron chi connectivity index (χ4n) is 4.21. The van der Waals surface area contributed by atoms with Gasteiger partial charge in [-0.15, -0.1) is 0 Å². The molecule has 25 heavy (non-hydrogen) atoms. The van der Waals surface area contributed by atoms with Gasteiger partial charge in [-0.3, -0.25) is 0 Å². The maximum Gasteiger partial charge on any atom is 0.164 e. The van der Waals surface area contributed by atoms with E-state index in [0.717, 1.165) is 30.9 Å². The molecule has 0 spiro atoms. The zero-order chi connectivity index (χ0) is 17.6. The van der Waals surface area contributed by atoms with Crippen molar-refractivity contribution in [3.63, 3.8) is 0 Å². The van der Waals surface area contributed by atoms with E-state index in [1.807, 2.05) is 6.07 Å². The lowest BCUT2D eigenvalue weighted by atomic mass is 9.79. The summed E-state index contributed by atoms with van der Waals surface area (Å²) >= 11 is 0. The molecule has 2 atom stereocenters. The van der Waals surface area contributed by atoms with E-state index in [1.165, 1.54) is 33.6 Å². The van der Waals surface area contributed by atoms with Crippen LogP contribution in [0.4, 0.5) is 11.4 Å². The molecule has 1 heterocycles.